The molecule has 55 heavy (non-hydrogen) atoms. The summed E-state index contributed by atoms with van der Waals surface area (Å²) in [5, 5.41) is 5.95. The van der Waals surface area contributed by atoms with Crippen LogP contribution in [0, 0.1) is 0 Å². The molecule has 10 aromatic rings. The van der Waals surface area contributed by atoms with Gasteiger partial charge in [0.25, 0.3) is 0 Å². The number of nitrogens with zero attached hydrogens (tertiary/aromatic N) is 3. The van der Waals surface area contributed by atoms with Gasteiger partial charge in [0.2, 0.25) is 0 Å². The van der Waals surface area contributed by atoms with Crippen molar-refractivity contribution in [2.45, 2.75) is 0 Å². The third-order valence-electron chi connectivity index (χ3n) is 11.0. The second kappa shape index (κ2) is 12.3. The van der Waals surface area contributed by atoms with Crippen LogP contribution >= 0.6 is 7.14 Å². The normalized spacial score (nSPS) is 14.7. The molecule has 1 aliphatic heterocycles. The van der Waals surface area contributed by atoms with E-state index in [1.165, 1.54) is 11.1 Å². The minimum atomic E-state index is -3.11. The van der Waals surface area contributed by atoms with E-state index >= 15 is 4.57 Å². The van der Waals surface area contributed by atoms with Gasteiger partial charge in [-0.2, -0.15) is 0 Å². The molecule has 258 valence electrons. The van der Waals surface area contributed by atoms with E-state index in [4.69, 9.17) is 9.97 Å². The van der Waals surface area contributed by atoms with Crippen LogP contribution in [0.3, 0.4) is 0 Å². The number of hydrogen-bond acceptors (Lipinski definition) is 3. The summed E-state index contributed by atoms with van der Waals surface area (Å²) in [7, 11) is -3.11. The summed E-state index contributed by atoms with van der Waals surface area (Å²) in [6, 6.07) is 66.8. The summed E-state index contributed by atoms with van der Waals surface area (Å²) < 4.78 is 17.8. The molecule has 0 saturated carbocycles. The second-order valence-corrected chi connectivity index (χ2v) is 16.8. The van der Waals surface area contributed by atoms with Crippen molar-refractivity contribution in [1.29, 1.82) is 0 Å². The van der Waals surface area contributed by atoms with Crippen LogP contribution in [-0.2, 0) is 4.57 Å². The zero-order chi connectivity index (χ0) is 36.5. The maximum absolute atomic E-state index is 15.4. The Hall–Kier alpha value is -6.87. The van der Waals surface area contributed by atoms with Crippen molar-refractivity contribution >= 4 is 55.8 Å². The van der Waals surface area contributed by atoms with Gasteiger partial charge in [0, 0.05) is 54.5 Å². The van der Waals surface area contributed by atoms with Gasteiger partial charge >= 0.3 is 0 Å². The molecular weight excluding hydrogens is 690 g/mol. The Balaban J connectivity index is 1.07. The van der Waals surface area contributed by atoms with Crippen molar-refractivity contribution in [3.8, 4) is 50.6 Å². The van der Waals surface area contributed by atoms with Gasteiger partial charge in [-0.1, -0.05) is 152 Å². The first-order valence-electron chi connectivity index (χ1n) is 18.5. The summed E-state index contributed by atoms with van der Waals surface area (Å²) in [5.74, 6) is 0.674. The molecule has 3 heterocycles. The van der Waals surface area contributed by atoms with Crippen LogP contribution in [0.2, 0.25) is 0 Å². The molecule has 8 aromatic carbocycles. The monoisotopic (exact) mass is 721 g/mol. The minimum Gasteiger partial charge on any atom is -0.309 e. The van der Waals surface area contributed by atoms with Crippen LogP contribution < -0.4 is 15.9 Å². The molecule has 2 aromatic heterocycles. The first-order valence-corrected chi connectivity index (χ1v) is 20.2. The standard InChI is InChI=1S/C50H32N3OP/c54-55(38-15-5-2-6-16-38)45-22-12-9-19-42(45)47-46(55)32-31-40-39-17-8-11-21-44(39)53(49(40)47)37-29-27-36(28-30-37)50-51-43-20-10-7-18-41(43)48(52-50)35-25-23-34(24-26-35)33-13-3-1-4-14-33/h1-32H. The minimum absolute atomic E-state index is 0.674. The first kappa shape index (κ1) is 31.6. The van der Waals surface area contributed by atoms with Gasteiger partial charge < -0.3 is 9.13 Å². The summed E-state index contributed by atoms with van der Waals surface area (Å²) in [6.45, 7) is 0. The SMILES string of the molecule is O=P1(c2ccccc2)c2ccccc2-c2c1ccc1c3ccccc3n(-c3ccc(-c4nc(-c5ccc(-c6ccccc6)cc5)c5ccccc5n4)cc3)c21. The lowest BCUT2D eigenvalue weighted by molar-refractivity contribution is 0.593. The number of rotatable bonds is 5. The molecule has 0 N–H and O–H groups in total. The van der Waals surface area contributed by atoms with E-state index in [2.05, 4.69) is 138 Å². The predicted molar refractivity (Wildman–Crippen MR) is 229 cm³/mol. The van der Waals surface area contributed by atoms with Crippen LogP contribution in [0.4, 0.5) is 0 Å². The zero-order valence-electron chi connectivity index (χ0n) is 29.7. The highest BCUT2D eigenvalue weighted by Crippen LogP contribution is 2.54. The Morgan fingerprint density at radius 1 is 0.436 bits per heavy atom. The summed E-state index contributed by atoms with van der Waals surface area (Å²) in [6.07, 6.45) is 0. The Labute approximate surface area is 318 Å². The van der Waals surface area contributed by atoms with Crippen molar-refractivity contribution in [2.24, 2.45) is 0 Å². The van der Waals surface area contributed by atoms with Gasteiger partial charge in [-0.25, -0.2) is 9.97 Å². The molecule has 1 aliphatic rings. The lowest BCUT2D eigenvalue weighted by atomic mass is 10.0. The molecule has 0 radical (unpaired) electrons. The third kappa shape index (κ3) is 4.82. The molecule has 0 spiro atoms. The molecule has 4 nitrogen and oxygen atoms in total. The molecule has 0 amide bonds. The number of para-hydroxylation sites is 2. The molecule has 0 aliphatic carbocycles. The fraction of sp³-hybridized carbons (Fsp3) is 0. The first-order chi connectivity index (χ1) is 27.2. The third-order valence-corrected chi connectivity index (χ3v) is 14.2. The van der Waals surface area contributed by atoms with Crippen LogP contribution in [0.25, 0.3) is 83.3 Å². The fourth-order valence-corrected chi connectivity index (χ4v) is 11.5. The average Bonchev–Trinajstić information content (AvgIpc) is 3.74. The van der Waals surface area contributed by atoms with Gasteiger partial charge in [0.15, 0.2) is 13.0 Å². The van der Waals surface area contributed by atoms with Crippen LogP contribution in [0.1, 0.15) is 0 Å². The maximum Gasteiger partial charge on any atom is 0.172 e. The lowest BCUT2D eigenvalue weighted by Gasteiger charge is -2.16. The van der Waals surface area contributed by atoms with E-state index in [0.29, 0.717) is 5.82 Å². The largest absolute Gasteiger partial charge is 0.309 e. The molecule has 5 heteroatoms. The highest BCUT2D eigenvalue weighted by atomic mass is 31.2. The predicted octanol–water partition coefficient (Wildman–Crippen LogP) is 11.3. The Morgan fingerprint density at radius 3 is 1.85 bits per heavy atom. The van der Waals surface area contributed by atoms with Crippen LogP contribution in [0.5, 0.6) is 0 Å². The van der Waals surface area contributed by atoms with Gasteiger partial charge in [0.05, 0.1) is 22.2 Å². The Kier molecular flexibility index (Phi) is 7.10. The second-order valence-electron chi connectivity index (χ2n) is 14.1. The Bertz CT molecular complexity index is 3150. The number of benzene rings is 8. The zero-order valence-corrected chi connectivity index (χ0v) is 30.6. The highest BCUT2D eigenvalue weighted by molar-refractivity contribution is 7.86. The van der Waals surface area contributed by atoms with Crippen LogP contribution in [0.15, 0.2) is 194 Å². The van der Waals surface area contributed by atoms with Gasteiger partial charge in [0.1, 0.15) is 0 Å². The van der Waals surface area contributed by atoms with Crippen molar-refractivity contribution in [3.63, 3.8) is 0 Å². The molecule has 1 atom stereocenters. The molecular formula is C50H32N3OP. The van der Waals surface area contributed by atoms with E-state index in [0.717, 1.165) is 82.3 Å². The van der Waals surface area contributed by atoms with Crippen molar-refractivity contribution in [3.05, 3.63) is 194 Å². The van der Waals surface area contributed by atoms with Crippen LogP contribution in [-0.4, -0.2) is 14.5 Å². The number of hydrogen-bond donors (Lipinski definition) is 0. The summed E-state index contributed by atoms with van der Waals surface area (Å²) in [4.78, 5) is 10.3. The number of aromatic nitrogens is 3. The summed E-state index contributed by atoms with van der Waals surface area (Å²) in [5.41, 5.74) is 11.4. The van der Waals surface area contributed by atoms with Crippen molar-refractivity contribution < 1.29 is 4.57 Å². The van der Waals surface area contributed by atoms with Gasteiger partial charge in [-0.3, -0.25) is 0 Å². The molecule has 1 unspecified atom stereocenters. The molecule has 11 rings (SSSR count). The molecule has 0 bridgehead atoms. The fourth-order valence-electron chi connectivity index (χ4n) is 8.49. The average molecular weight is 722 g/mol. The summed E-state index contributed by atoms with van der Waals surface area (Å²) >= 11 is 0. The van der Waals surface area contributed by atoms with Gasteiger partial charge in [-0.05, 0) is 59.2 Å². The van der Waals surface area contributed by atoms with E-state index in [-0.39, 0.29) is 0 Å². The maximum atomic E-state index is 15.4. The molecule has 0 fully saturated rings. The highest BCUT2D eigenvalue weighted by Gasteiger charge is 2.41. The quantitative estimate of drug-likeness (QED) is 0.166. The lowest BCUT2D eigenvalue weighted by Crippen LogP contribution is -2.20. The Morgan fingerprint density at radius 2 is 1.05 bits per heavy atom. The van der Waals surface area contributed by atoms with E-state index in [1.54, 1.807) is 0 Å². The van der Waals surface area contributed by atoms with Gasteiger partial charge in [-0.15, -0.1) is 0 Å². The number of fused-ring (bicyclic) bond motifs is 8. The van der Waals surface area contributed by atoms with E-state index in [9.17, 15) is 0 Å². The molecule has 0 saturated heterocycles. The van der Waals surface area contributed by atoms with Crippen molar-refractivity contribution in [1.82, 2.24) is 14.5 Å². The van der Waals surface area contributed by atoms with Crippen molar-refractivity contribution in [2.75, 3.05) is 0 Å². The smallest absolute Gasteiger partial charge is 0.172 e. The van der Waals surface area contributed by atoms with E-state index < -0.39 is 7.14 Å². The topological polar surface area (TPSA) is 47.8 Å². The van der Waals surface area contributed by atoms with E-state index in [1.807, 2.05) is 60.7 Å².